The van der Waals surface area contributed by atoms with Gasteiger partial charge in [-0.3, -0.25) is 14.7 Å². The maximum atomic E-state index is 12.0. The van der Waals surface area contributed by atoms with E-state index in [-0.39, 0.29) is 18.3 Å². The minimum absolute atomic E-state index is 0.134. The van der Waals surface area contributed by atoms with Gasteiger partial charge in [0, 0.05) is 11.2 Å². The summed E-state index contributed by atoms with van der Waals surface area (Å²) in [4.78, 5) is 23.3. The number of hydrogen-bond donors (Lipinski definition) is 2. The van der Waals surface area contributed by atoms with Crippen LogP contribution in [0.2, 0.25) is 0 Å². The predicted octanol–water partition coefficient (Wildman–Crippen LogP) is 1.18. The Hall–Kier alpha value is -1.85. The number of aromatic nitrogens is 2. The molecular weight excluding hydrogens is 234 g/mol. The lowest BCUT2D eigenvalue weighted by Gasteiger charge is -2.28. The van der Waals surface area contributed by atoms with Crippen LogP contribution in [0.4, 0.5) is 0 Å². The van der Waals surface area contributed by atoms with Gasteiger partial charge in [0.2, 0.25) is 0 Å². The summed E-state index contributed by atoms with van der Waals surface area (Å²) in [5.41, 5.74) is 0.500. The van der Waals surface area contributed by atoms with Gasteiger partial charge in [0.25, 0.3) is 5.91 Å². The molecule has 1 amide bonds. The Balaban J connectivity index is 2.73. The van der Waals surface area contributed by atoms with E-state index < -0.39 is 5.54 Å². The highest BCUT2D eigenvalue weighted by atomic mass is 16.5. The van der Waals surface area contributed by atoms with Gasteiger partial charge in [-0.2, -0.15) is 5.10 Å². The van der Waals surface area contributed by atoms with Crippen molar-refractivity contribution in [3.05, 3.63) is 17.5 Å². The molecule has 6 nitrogen and oxygen atoms in total. The number of nitrogens with one attached hydrogen (secondary N) is 2. The van der Waals surface area contributed by atoms with Gasteiger partial charge in [-0.05, 0) is 26.3 Å². The van der Waals surface area contributed by atoms with E-state index in [0.717, 1.165) is 5.69 Å². The number of nitrogens with zero attached hydrogens (tertiary/aromatic N) is 1. The molecule has 1 atom stereocenters. The fourth-order valence-electron chi connectivity index (χ4n) is 1.52. The largest absolute Gasteiger partial charge is 0.469 e. The summed E-state index contributed by atoms with van der Waals surface area (Å²) in [5.74, 6) is -0.648. The van der Waals surface area contributed by atoms with Crippen LogP contribution in [0.5, 0.6) is 0 Å². The lowest BCUT2D eigenvalue weighted by Crippen LogP contribution is -2.47. The smallest absolute Gasteiger partial charge is 0.307 e. The molecule has 18 heavy (non-hydrogen) atoms. The Morgan fingerprint density at radius 1 is 1.56 bits per heavy atom. The molecule has 0 aliphatic heterocycles. The molecule has 1 heterocycles. The van der Waals surface area contributed by atoms with E-state index in [4.69, 9.17) is 0 Å². The van der Waals surface area contributed by atoms with Crippen LogP contribution >= 0.6 is 0 Å². The number of carbonyl (C=O) groups excluding carboxylic acids is 2. The summed E-state index contributed by atoms with van der Waals surface area (Å²) < 4.78 is 4.63. The van der Waals surface area contributed by atoms with E-state index in [2.05, 4.69) is 20.3 Å². The lowest BCUT2D eigenvalue weighted by molar-refractivity contribution is -0.142. The van der Waals surface area contributed by atoms with Crippen molar-refractivity contribution in [1.82, 2.24) is 15.5 Å². The highest BCUT2D eigenvalue weighted by Gasteiger charge is 2.29. The van der Waals surface area contributed by atoms with Crippen LogP contribution in [0.1, 0.15) is 42.9 Å². The standard InChI is InChI=1S/C12H19N3O3/c1-5-12(3,7-10(16)18-4)13-11(17)9-6-8(2)14-15-9/h6H,5,7H2,1-4H3,(H,13,17)(H,14,15)/t12-/m0/s1. The molecule has 1 aromatic rings. The number of methoxy groups -OCH3 is 1. The van der Waals surface area contributed by atoms with Crippen LogP contribution in [-0.4, -0.2) is 34.7 Å². The van der Waals surface area contributed by atoms with Gasteiger partial charge in [-0.25, -0.2) is 0 Å². The third-order valence-electron chi connectivity index (χ3n) is 2.90. The molecule has 0 radical (unpaired) electrons. The molecular formula is C12H19N3O3. The molecule has 1 rings (SSSR count). The molecule has 0 saturated heterocycles. The van der Waals surface area contributed by atoms with Crippen molar-refractivity contribution in [1.29, 1.82) is 0 Å². The Labute approximate surface area is 106 Å². The molecule has 0 aromatic carbocycles. The number of esters is 1. The summed E-state index contributed by atoms with van der Waals surface area (Å²) in [6, 6.07) is 1.66. The zero-order valence-corrected chi connectivity index (χ0v) is 11.2. The quantitative estimate of drug-likeness (QED) is 0.772. The minimum Gasteiger partial charge on any atom is -0.469 e. The average molecular weight is 253 g/mol. The molecule has 0 aliphatic carbocycles. The van der Waals surface area contributed by atoms with Crippen LogP contribution < -0.4 is 5.32 Å². The predicted molar refractivity (Wildman–Crippen MR) is 66.1 cm³/mol. The van der Waals surface area contributed by atoms with Crippen LogP contribution in [0.15, 0.2) is 6.07 Å². The van der Waals surface area contributed by atoms with Crippen molar-refractivity contribution in [3.8, 4) is 0 Å². The Kier molecular flexibility index (Phi) is 4.47. The topological polar surface area (TPSA) is 84.1 Å². The Morgan fingerprint density at radius 3 is 2.67 bits per heavy atom. The maximum absolute atomic E-state index is 12.0. The number of ether oxygens (including phenoxy) is 1. The van der Waals surface area contributed by atoms with Gasteiger partial charge in [0.1, 0.15) is 5.69 Å². The average Bonchev–Trinajstić information content (AvgIpc) is 2.75. The summed E-state index contributed by atoms with van der Waals surface area (Å²) in [5, 5.41) is 9.40. The Morgan fingerprint density at radius 2 is 2.22 bits per heavy atom. The highest BCUT2D eigenvalue weighted by molar-refractivity contribution is 5.93. The maximum Gasteiger partial charge on any atom is 0.307 e. The number of hydrogen-bond acceptors (Lipinski definition) is 4. The second kappa shape index (κ2) is 5.66. The van der Waals surface area contributed by atoms with Crippen LogP contribution in [-0.2, 0) is 9.53 Å². The van der Waals surface area contributed by atoms with Crippen LogP contribution in [0.25, 0.3) is 0 Å². The van der Waals surface area contributed by atoms with Crippen molar-refractivity contribution in [2.24, 2.45) is 0 Å². The fraction of sp³-hybridized carbons (Fsp3) is 0.583. The van der Waals surface area contributed by atoms with E-state index >= 15 is 0 Å². The third kappa shape index (κ3) is 3.58. The first-order chi connectivity index (χ1) is 8.40. The normalized spacial score (nSPS) is 13.8. The molecule has 100 valence electrons. The second-order valence-corrected chi connectivity index (χ2v) is 4.56. The molecule has 0 fully saturated rings. The number of carbonyl (C=O) groups is 2. The van der Waals surface area contributed by atoms with Crippen LogP contribution in [0.3, 0.4) is 0 Å². The zero-order valence-electron chi connectivity index (χ0n) is 11.2. The molecule has 6 heteroatoms. The first-order valence-corrected chi connectivity index (χ1v) is 5.81. The summed E-state index contributed by atoms with van der Waals surface area (Å²) in [6.45, 7) is 5.53. The van der Waals surface area contributed by atoms with Crippen molar-refractivity contribution >= 4 is 11.9 Å². The monoisotopic (exact) mass is 253 g/mol. The van der Waals surface area contributed by atoms with E-state index in [0.29, 0.717) is 12.1 Å². The van der Waals surface area contributed by atoms with E-state index in [1.54, 1.807) is 13.0 Å². The third-order valence-corrected chi connectivity index (χ3v) is 2.90. The van der Waals surface area contributed by atoms with Gasteiger partial charge in [0.05, 0.1) is 13.5 Å². The van der Waals surface area contributed by atoms with Gasteiger partial charge in [0.15, 0.2) is 0 Å². The van der Waals surface area contributed by atoms with E-state index in [9.17, 15) is 9.59 Å². The van der Waals surface area contributed by atoms with Gasteiger partial charge in [-0.15, -0.1) is 0 Å². The molecule has 1 aromatic heterocycles. The molecule has 0 aliphatic rings. The van der Waals surface area contributed by atoms with Crippen molar-refractivity contribution < 1.29 is 14.3 Å². The van der Waals surface area contributed by atoms with Crippen LogP contribution in [0, 0.1) is 6.92 Å². The number of H-pyrrole nitrogens is 1. The molecule has 0 bridgehead atoms. The van der Waals surface area contributed by atoms with Gasteiger partial charge >= 0.3 is 5.97 Å². The van der Waals surface area contributed by atoms with Crippen molar-refractivity contribution in [3.63, 3.8) is 0 Å². The highest BCUT2D eigenvalue weighted by Crippen LogP contribution is 2.16. The van der Waals surface area contributed by atoms with Crippen molar-refractivity contribution in [2.75, 3.05) is 7.11 Å². The van der Waals surface area contributed by atoms with Gasteiger partial charge in [-0.1, -0.05) is 6.92 Å². The summed E-state index contributed by atoms with van der Waals surface area (Å²) in [7, 11) is 1.33. The number of rotatable bonds is 5. The minimum atomic E-state index is -0.628. The molecule has 0 spiro atoms. The summed E-state index contributed by atoms with van der Waals surface area (Å²) in [6.07, 6.45) is 0.756. The fourth-order valence-corrected chi connectivity index (χ4v) is 1.52. The lowest BCUT2D eigenvalue weighted by atomic mass is 9.94. The zero-order chi connectivity index (χ0) is 13.8. The number of aromatic amines is 1. The SMILES string of the molecule is CC[C@@](C)(CC(=O)OC)NC(=O)c1cc(C)[nH]n1. The number of aryl methyl sites for hydroxylation is 1. The second-order valence-electron chi connectivity index (χ2n) is 4.56. The van der Waals surface area contributed by atoms with E-state index in [1.807, 2.05) is 13.8 Å². The first-order valence-electron chi connectivity index (χ1n) is 5.81. The Bertz CT molecular complexity index is 442. The first kappa shape index (κ1) is 14.2. The van der Waals surface area contributed by atoms with Crippen molar-refractivity contribution in [2.45, 2.75) is 39.2 Å². The number of amides is 1. The van der Waals surface area contributed by atoms with E-state index in [1.165, 1.54) is 7.11 Å². The molecule has 2 N–H and O–H groups in total. The molecule has 0 unspecified atom stereocenters. The summed E-state index contributed by atoms with van der Waals surface area (Å²) >= 11 is 0. The molecule has 0 saturated carbocycles. The van der Waals surface area contributed by atoms with Gasteiger partial charge < -0.3 is 10.1 Å².